The van der Waals surface area contributed by atoms with Gasteiger partial charge in [-0.3, -0.25) is 9.59 Å². The van der Waals surface area contributed by atoms with E-state index in [-0.39, 0.29) is 19.4 Å². The molecule has 0 heterocycles. The third-order valence-corrected chi connectivity index (χ3v) is 2.40. The summed E-state index contributed by atoms with van der Waals surface area (Å²) in [5.74, 6) is -3.19. The van der Waals surface area contributed by atoms with Gasteiger partial charge in [0.2, 0.25) is 0 Å². The first kappa shape index (κ1) is 18.3. The van der Waals surface area contributed by atoms with E-state index in [1.807, 2.05) is 21.1 Å². The Bertz CT molecular complexity index is 363. The van der Waals surface area contributed by atoms with Crippen molar-refractivity contribution in [3.63, 3.8) is 0 Å². The van der Waals surface area contributed by atoms with E-state index in [4.69, 9.17) is 15.6 Å². The lowest BCUT2D eigenvalue weighted by Crippen LogP contribution is -2.47. The second-order valence-electron chi connectivity index (χ2n) is 5.65. The van der Waals surface area contributed by atoms with Crippen molar-refractivity contribution < 1.29 is 33.8 Å². The molecule has 0 amide bonds. The largest absolute Gasteiger partial charge is 0.550 e. The molecule has 3 N–H and O–H groups in total. The molecule has 1 unspecified atom stereocenters. The summed E-state index contributed by atoms with van der Waals surface area (Å²) in [5, 5.41) is 19.1. The van der Waals surface area contributed by atoms with Crippen molar-refractivity contribution in [1.29, 1.82) is 0 Å². The molecule has 0 saturated heterocycles. The maximum Gasteiger partial charge on any atom is 0.323 e. The zero-order valence-electron chi connectivity index (χ0n) is 12.0. The number of nitrogens with zero attached hydrogens (tertiary/aromatic N) is 1. The molecule has 0 saturated carbocycles. The zero-order chi connectivity index (χ0) is 15.9. The Kier molecular flexibility index (Phi) is 7.16. The fraction of sp³-hybridized carbons (Fsp3) is 0.750. The number of carbonyl (C=O) groups is 3. The third kappa shape index (κ3) is 9.29. The minimum absolute atomic E-state index is 0.0589. The van der Waals surface area contributed by atoms with Crippen LogP contribution in [0.4, 0.5) is 0 Å². The van der Waals surface area contributed by atoms with Gasteiger partial charge in [0, 0.05) is 18.8 Å². The number of esters is 1. The van der Waals surface area contributed by atoms with Crippen molar-refractivity contribution in [2.45, 2.75) is 31.4 Å². The number of nitrogens with two attached hydrogens (primary N) is 1. The number of carboxylic acids is 2. The van der Waals surface area contributed by atoms with E-state index < -0.39 is 36.5 Å². The van der Waals surface area contributed by atoms with Crippen LogP contribution in [0.3, 0.4) is 0 Å². The Hall–Kier alpha value is -1.67. The summed E-state index contributed by atoms with van der Waals surface area (Å²) < 4.78 is 5.44. The molecule has 0 radical (unpaired) electrons. The highest BCUT2D eigenvalue weighted by atomic mass is 16.5. The first-order valence-corrected chi connectivity index (χ1v) is 6.19. The summed E-state index contributed by atoms with van der Waals surface area (Å²) >= 11 is 0. The van der Waals surface area contributed by atoms with Crippen LogP contribution in [-0.4, -0.2) is 67.3 Å². The predicted octanol–water partition coefficient (Wildman–Crippen LogP) is -2.06. The second kappa shape index (κ2) is 7.81. The Morgan fingerprint density at radius 3 is 2.25 bits per heavy atom. The SMILES string of the molecule is C[N+](C)(C)CC(CC(=O)[O-])OC(=O)[C@@H](N)CCC(=O)O. The molecular formula is C12H22N2O6. The van der Waals surface area contributed by atoms with E-state index in [1.54, 1.807) is 0 Å². The number of hydrogen-bond acceptors (Lipinski definition) is 6. The number of rotatable bonds is 9. The van der Waals surface area contributed by atoms with Crippen LogP contribution in [0, 0.1) is 0 Å². The lowest BCUT2D eigenvalue weighted by Gasteiger charge is -2.29. The number of ether oxygens (including phenoxy) is 1. The maximum atomic E-state index is 11.7. The molecule has 2 atom stereocenters. The van der Waals surface area contributed by atoms with E-state index >= 15 is 0 Å². The van der Waals surface area contributed by atoms with Gasteiger partial charge in [0.15, 0.2) is 6.10 Å². The number of carboxylic acid groups (broad SMARTS) is 2. The highest BCUT2D eigenvalue weighted by Gasteiger charge is 2.25. The standard InChI is InChI=1S/C12H22N2O6/c1-14(2,3)7-8(6-11(17)18)20-12(19)9(13)4-5-10(15)16/h8-9H,4-7,13H2,1-3H3,(H-,15,16,17,18)/t8?,9-/m0/s1. The van der Waals surface area contributed by atoms with Crippen LogP contribution in [0.25, 0.3) is 0 Å². The Morgan fingerprint density at radius 1 is 1.30 bits per heavy atom. The second-order valence-corrected chi connectivity index (χ2v) is 5.65. The summed E-state index contributed by atoms with van der Waals surface area (Å²) in [6.07, 6.45) is -1.59. The van der Waals surface area contributed by atoms with Crippen molar-refractivity contribution in [2.75, 3.05) is 27.7 Å². The molecule has 116 valence electrons. The van der Waals surface area contributed by atoms with Gasteiger partial charge >= 0.3 is 11.9 Å². The van der Waals surface area contributed by atoms with E-state index in [9.17, 15) is 19.5 Å². The molecular weight excluding hydrogens is 268 g/mol. The fourth-order valence-electron chi connectivity index (χ4n) is 1.59. The quantitative estimate of drug-likeness (QED) is 0.369. The molecule has 8 nitrogen and oxygen atoms in total. The van der Waals surface area contributed by atoms with Crippen LogP contribution >= 0.6 is 0 Å². The van der Waals surface area contributed by atoms with Crippen molar-refractivity contribution >= 4 is 17.9 Å². The van der Waals surface area contributed by atoms with E-state index in [1.165, 1.54) is 0 Å². The summed E-state index contributed by atoms with van der Waals surface area (Å²) in [6, 6.07) is -1.08. The molecule has 0 spiro atoms. The first-order valence-electron chi connectivity index (χ1n) is 6.19. The first-order chi connectivity index (χ1) is 9.01. The smallest absolute Gasteiger partial charge is 0.323 e. The number of likely N-dealkylation sites (N-methyl/N-ethyl adjacent to an activating group) is 1. The number of aliphatic carboxylic acids is 2. The Balaban J connectivity index is 4.51. The molecule has 20 heavy (non-hydrogen) atoms. The summed E-state index contributed by atoms with van der Waals surface area (Å²) in [7, 11) is 5.46. The van der Waals surface area contributed by atoms with Crippen molar-refractivity contribution in [2.24, 2.45) is 5.73 Å². The van der Waals surface area contributed by atoms with Crippen LogP contribution in [0.15, 0.2) is 0 Å². The van der Waals surface area contributed by atoms with Crippen LogP contribution in [-0.2, 0) is 19.1 Å². The fourth-order valence-corrected chi connectivity index (χ4v) is 1.59. The zero-order valence-corrected chi connectivity index (χ0v) is 12.0. The van der Waals surface area contributed by atoms with Crippen molar-refractivity contribution in [1.82, 2.24) is 0 Å². The Morgan fingerprint density at radius 2 is 1.85 bits per heavy atom. The molecule has 0 aromatic carbocycles. The number of hydrogen-bond donors (Lipinski definition) is 2. The molecule has 0 rings (SSSR count). The van der Waals surface area contributed by atoms with Gasteiger partial charge in [-0.1, -0.05) is 0 Å². The van der Waals surface area contributed by atoms with E-state index in [2.05, 4.69) is 0 Å². The van der Waals surface area contributed by atoms with Gasteiger partial charge in [0.25, 0.3) is 0 Å². The molecule has 0 aliphatic carbocycles. The average molecular weight is 290 g/mol. The van der Waals surface area contributed by atoms with Crippen molar-refractivity contribution in [3.8, 4) is 0 Å². The van der Waals surface area contributed by atoms with Gasteiger partial charge in [-0.2, -0.15) is 0 Å². The third-order valence-electron chi connectivity index (χ3n) is 2.40. The van der Waals surface area contributed by atoms with Gasteiger partial charge in [-0.15, -0.1) is 0 Å². The van der Waals surface area contributed by atoms with Gasteiger partial charge < -0.3 is 30.0 Å². The lowest BCUT2D eigenvalue weighted by molar-refractivity contribution is -0.873. The maximum absolute atomic E-state index is 11.7. The molecule has 0 bridgehead atoms. The van der Waals surface area contributed by atoms with E-state index in [0.29, 0.717) is 4.48 Å². The van der Waals surface area contributed by atoms with Crippen LogP contribution < -0.4 is 10.8 Å². The predicted molar refractivity (Wildman–Crippen MR) is 67.2 cm³/mol. The van der Waals surface area contributed by atoms with Gasteiger partial charge in [-0.25, -0.2) is 0 Å². The van der Waals surface area contributed by atoms with Crippen molar-refractivity contribution in [3.05, 3.63) is 0 Å². The average Bonchev–Trinajstić information content (AvgIpc) is 2.21. The number of carbonyl (C=O) groups excluding carboxylic acids is 2. The van der Waals surface area contributed by atoms with Crippen LogP contribution in [0.2, 0.25) is 0 Å². The lowest BCUT2D eigenvalue weighted by atomic mass is 10.1. The van der Waals surface area contributed by atoms with Crippen LogP contribution in [0.5, 0.6) is 0 Å². The van der Waals surface area contributed by atoms with Gasteiger partial charge in [-0.05, 0) is 6.42 Å². The molecule has 0 fully saturated rings. The molecule has 0 aromatic rings. The molecule has 0 aliphatic rings. The Labute approximate surface area is 117 Å². The van der Waals surface area contributed by atoms with Crippen LogP contribution in [0.1, 0.15) is 19.3 Å². The molecule has 0 aliphatic heterocycles. The minimum Gasteiger partial charge on any atom is -0.550 e. The molecule has 0 aromatic heterocycles. The number of quaternary nitrogens is 1. The summed E-state index contributed by atoms with van der Waals surface area (Å²) in [6.45, 7) is 0.283. The molecule has 8 heteroatoms. The summed E-state index contributed by atoms with van der Waals surface area (Å²) in [5.41, 5.74) is 5.50. The normalized spacial score (nSPS) is 14.4. The highest BCUT2D eigenvalue weighted by molar-refractivity contribution is 5.77. The van der Waals surface area contributed by atoms with E-state index in [0.717, 1.165) is 0 Å². The van der Waals surface area contributed by atoms with Gasteiger partial charge in [0.1, 0.15) is 12.6 Å². The van der Waals surface area contributed by atoms with Gasteiger partial charge in [0.05, 0.1) is 21.1 Å². The minimum atomic E-state index is -1.32. The topological polar surface area (TPSA) is 130 Å². The monoisotopic (exact) mass is 290 g/mol. The summed E-state index contributed by atoms with van der Waals surface area (Å²) in [4.78, 5) is 32.7. The highest BCUT2D eigenvalue weighted by Crippen LogP contribution is 2.07.